The van der Waals surface area contributed by atoms with Gasteiger partial charge < -0.3 is 5.32 Å². The highest BCUT2D eigenvalue weighted by Crippen LogP contribution is 2.13. The largest absolute Gasteiger partial charge is 0.352 e. The number of hydrogen-bond acceptors (Lipinski definition) is 3. The van der Waals surface area contributed by atoms with Crippen LogP contribution in [-0.4, -0.2) is 11.7 Å². The molecule has 2 aromatic rings. The molecule has 21 heavy (non-hydrogen) atoms. The standard InChI is InChI=1S/C16H16FNO2S/c17-13-6-2-1-5-12(13)11-18-16(20)9-3-7-14(19)15-8-4-10-21-15/h1-2,4-6,8,10H,3,7,9,11H2,(H,18,20). The molecule has 0 atom stereocenters. The molecular weight excluding hydrogens is 289 g/mol. The average molecular weight is 305 g/mol. The third-order valence-electron chi connectivity index (χ3n) is 3.04. The molecule has 0 unspecified atom stereocenters. The van der Waals surface area contributed by atoms with E-state index in [2.05, 4.69) is 5.32 Å². The SMILES string of the molecule is O=C(CCCC(=O)c1cccs1)NCc1ccccc1F. The van der Waals surface area contributed by atoms with Crippen molar-refractivity contribution in [1.29, 1.82) is 0 Å². The van der Waals surface area contributed by atoms with E-state index in [9.17, 15) is 14.0 Å². The van der Waals surface area contributed by atoms with E-state index in [0.29, 0.717) is 18.4 Å². The molecular formula is C16H16FNO2S. The summed E-state index contributed by atoms with van der Waals surface area (Å²) in [7, 11) is 0. The molecule has 0 radical (unpaired) electrons. The van der Waals surface area contributed by atoms with Gasteiger partial charge in [0.1, 0.15) is 5.82 Å². The topological polar surface area (TPSA) is 46.2 Å². The molecule has 0 saturated carbocycles. The van der Waals surface area contributed by atoms with E-state index in [1.54, 1.807) is 24.3 Å². The third kappa shape index (κ3) is 4.79. The van der Waals surface area contributed by atoms with Crippen molar-refractivity contribution in [3.05, 3.63) is 58.0 Å². The summed E-state index contributed by atoms with van der Waals surface area (Å²) in [5.41, 5.74) is 0.459. The van der Waals surface area contributed by atoms with Gasteiger partial charge in [0.15, 0.2) is 5.78 Å². The Morgan fingerprint density at radius 3 is 2.62 bits per heavy atom. The van der Waals surface area contributed by atoms with Gasteiger partial charge in [0, 0.05) is 24.9 Å². The van der Waals surface area contributed by atoms with Crippen molar-refractivity contribution in [2.75, 3.05) is 0 Å². The molecule has 1 heterocycles. The lowest BCUT2D eigenvalue weighted by Crippen LogP contribution is -2.23. The second-order valence-corrected chi connectivity index (χ2v) is 5.57. The van der Waals surface area contributed by atoms with Crippen LogP contribution in [0.4, 0.5) is 4.39 Å². The van der Waals surface area contributed by atoms with Gasteiger partial charge in [-0.1, -0.05) is 24.3 Å². The monoisotopic (exact) mass is 305 g/mol. The minimum atomic E-state index is -0.328. The summed E-state index contributed by atoms with van der Waals surface area (Å²) in [5.74, 6) is -0.435. The summed E-state index contributed by atoms with van der Waals surface area (Å²) in [6, 6.07) is 9.95. The van der Waals surface area contributed by atoms with Crippen LogP contribution < -0.4 is 5.32 Å². The maximum Gasteiger partial charge on any atom is 0.220 e. The fraction of sp³-hybridized carbons (Fsp3) is 0.250. The van der Waals surface area contributed by atoms with Gasteiger partial charge in [-0.15, -0.1) is 11.3 Å². The second-order valence-electron chi connectivity index (χ2n) is 4.62. The quantitative estimate of drug-likeness (QED) is 0.795. The van der Waals surface area contributed by atoms with Crippen LogP contribution in [0.3, 0.4) is 0 Å². The Morgan fingerprint density at radius 2 is 1.90 bits per heavy atom. The first kappa shape index (κ1) is 15.4. The van der Waals surface area contributed by atoms with Crippen LogP contribution in [0.1, 0.15) is 34.5 Å². The Balaban J connectivity index is 1.68. The number of amides is 1. The number of thiophene rings is 1. The Bertz CT molecular complexity index is 610. The number of nitrogens with one attached hydrogen (secondary N) is 1. The smallest absolute Gasteiger partial charge is 0.220 e. The van der Waals surface area contributed by atoms with E-state index >= 15 is 0 Å². The average Bonchev–Trinajstić information content (AvgIpc) is 3.00. The molecule has 110 valence electrons. The summed E-state index contributed by atoms with van der Waals surface area (Å²) in [6.07, 6.45) is 1.12. The maximum atomic E-state index is 13.4. The number of halogens is 1. The first-order valence-electron chi connectivity index (χ1n) is 6.73. The van der Waals surface area contributed by atoms with Crippen molar-refractivity contribution >= 4 is 23.0 Å². The van der Waals surface area contributed by atoms with E-state index in [-0.39, 0.29) is 30.5 Å². The highest BCUT2D eigenvalue weighted by Gasteiger charge is 2.09. The van der Waals surface area contributed by atoms with Gasteiger partial charge in [0.25, 0.3) is 0 Å². The lowest BCUT2D eigenvalue weighted by Gasteiger charge is -2.06. The van der Waals surface area contributed by atoms with Gasteiger partial charge in [-0.25, -0.2) is 4.39 Å². The number of hydrogen-bond donors (Lipinski definition) is 1. The summed E-state index contributed by atoms with van der Waals surface area (Å²) in [5, 5.41) is 4.52. The third-order valence-corrected chi connectivity index (χ3v) is 3.95. The van der Waals surface area contributed by atoms with Gasteiger partial charge in [-0.2, -0.15) is 0 Å². The number of carbonyl (C=O) groups is 2. The molecule has 1 aromatic carbocycles. The molecule has 1 N–H and O–H groups in total. The molecule has 0 spiro atoms. The van der Waals surface area contributed by atoms with Gasteiger partial charge in [-0.05, 0) is 23.9 Å². The normalized spacial score (nSPS) is 10.3. The van der Waals surface area contributed by atoms with Gasteiger partial charge in [0.05, 0.1) is 4.88 Å². The lowest BCUT2D eigenvalue weighted by atomic mass is 10.1. The molecule has 1 aromatic heterocycles. The summed E-state index contributed by atoms with van der Waals surface area (Å²) >= 11 is 1.41. The van der Waals surface area contributed by atoms with Crippen LogP contribution in [-0.2, 0) is 11.3 Å². The van der Waals surface area contributed by atoms with Crippen LogP contribution in [0, 0.1) is 5.82 Å². The minimum Gasteiger partial charge on any atom is -0.352 e. The Labute approximate surface area is 126 Å². The van der Waals surface area contributed by atoms with Crippen LogP contribution in [0.15, 0.2) is 41.8 Å². The minimum absolute atomic E-state index is 0.0619. The Kier molecular flexibility index (Phi) is 5.63. The van der Waals surface area contributed by atoms with Gasteiger partial charge in [0.2, 0.25) is 5.91 Å². The number of ketones is 1. The summed E-state index contributed by atoms with van der Waals surface area (Å²) < 4.78 is 13.4. The van der Waals surface area contributed by atoms with Crippen molar-refractivity contribution in [3.63, 3.8) is 0 Å². The second kappa shape index (κ2) is 7.69. The number of benzene rings is 1. The van der Waals surface area contributed by atoms with Crippen molar-refractivity contribution in [1.82, 2.24) is 5.32 Å². The summed E-state index contributed by atoms with van der Waals surface area (Å²) in [6.45, 7) is 0.171. The molecule has 0 aliphatic carbocycles. The first-order chi connectivity index (χ1) is 10.2. The van der Waals surface area contributed by atoms with E-state index in [4.69, 9.17) is 0 Å². The molecule has 2 rings (SSSR count). The zero-order chi connectivity index (χ0) is 15.1. The van der Waals surface area contributed by atoms with Crippen molar-refractivity contribution in [2.24, 2.45) is 0 Å². The molecule has 3 nitrogen and oxygen atoms in total. The molecule has 1 amide bonds. The Morgan fingerprint density at radius 1 is 1.10 bits per heavy atom. The predicted molar refractivity (Wildman–Crippen MR) is 80.7 cm³/mol. The Hall–Kier alpha value is -2.01. The maximum absolute atomic E-state index is 13.4. The lowest BCUT2D eigenvalue weighted by molar-refractivity contribution is -0.121. The summed E-state index contributed by atoms with van der Waals surface area (Å²) in [4.78, 5) is 24.1. The van der Waals surface area contributed by atoms with Crippen LogP contribution in [0.25, 0.3) is 0 Å². The number of Topliss-reactive ketones (excluding diaryl/α,β-unsaturated/α-hetero) is 1. The number of carbonyl (C=O) groups excluding carboxylic acids is 2. The zero-order valence-electron chi connectivity index (χ0n) is 11.5. The molecule has 0 bridgehead atoms. The van der Waals surface area contributed by atoms with Gasteiger partial charge >= 0.3 is 0 Å². The van der Waals surface area contributed by atoms with E-state index < -0.39 is 0 Å². The predicted octanol–water partition coefficient (Wildman–Crippen LogP) is 3.56. The van der Waals surface area contributed by atoms with E-state index in [0.717, 1.165) is 4.88 Å². The highest BCUT2D eigenvalue weighted by atomic mass is 32.1. The van der Waals surface area contributed by atoms with E-state index in [1.165, 1.54) is 17.4 Å². The molecule has 0 fully saturated rings. The van der Waals surface area contributed by atoms with Crippen LogP contribution in [0.2, 0.25) is 0 Å². The fourth-order valence-electron chi connectivity index (χ4n) is 1.89. The number of rotatable bonds is 7. The van der Waals surface area contributed by atoms with E-state index in [1.807, 2.05) is 11.4 Å². The molecule has 0 aliphatic rings. The van der Waals surface area contributed by atoms with Crippen molar-refractivity contribution in [3.8, 4) is 0 Å². The zero-order valence-corrected chi connectivity index (χ0v) is 12.3. The fourth-order valence-corrected chi connectivity index (χ4v) is 2.59. The molecule has 0 saturated heterocycles. The highest BCUT2D eigenvalue weighted by molar-refractivity contribution is 7.12. The molecule has 5 heteroatoms. The molecule has 0 aliphatic heterocycles. The first-order valence-corrected chi connectivity index (χ1v) is 7.61. The van der Waals surface area contributed by atoms with Crippen molar-refractivity contribution in [2.45, 2.75) is 25.8 Å². The van der Waals surface area contributed by atoms with Crippen molar-refractivity contribution < 1.29 is 14.0 Å². The van der Waals surface area contributed by atoms with Crippen LogP contribution >= 0.6 is 11.3 Å². The van der Waals surface area contributed by atoms with Gasteiger partial charge in [-0.3, -0.25) is 9.59 Å². The van der Waals surface area contributed by atoms with Crippen LogP contribution in [0.5, 0.6) is 0 Å².